The molecular weight excluding hydrogens is 310 g/mol. The lowest BCUT2D eigenvalue weighted by Crippen LogP contribution is -2.16. The number of nitrogens with one attached hydrogen (secondary N) is 2. The van der Waals surface area contributed by atoms with Gasteiger partial charge in [0.25, 0.3) is 0 Å². The summed E-state index contributed by atoms with van der Waals surface area (Å²) < 4.78 is 26.2. The van der Waals surface area contributed by atoms with E-state index in [2.05, 4.69) is 40.1 Å². The molecule has 1 aromatic heterocycles. The number of pyridine rings is 1. The number of aryl methyl sites for hydroxylation is 1. The van der Waals surface area contributed by atoms with Crippen LogP contribution in [0, 0.1) is 6.92 Å². The molecule has 23 heavy (non-hydrogen) atoms. The van der Waals surface area contributed by atoms with Crippen LogP contribution in [-0.2, 0) is 16.6 Å². The fourth-order valence-corrected chi connectivity index (χ4v) is 3.39. The van der Waals surface area contributed by atoms with Crippen molar-refractivity contribution in [1.29, 1.82) is 0 Å². The molecule has 2 N–H and O–H groups in total. The van der Waals surface area contributed by atoms with Gasteiger partial charge in [-0.1, -0.05) is 43.2 Å². The third-order valence-corrected chi connectivity index (χ3v) is 4.73. The van der Waals surface area contributed by atoms with Crippen LogP contribution < -0.4 is 10.0 Å². The van der Waals surface area contributed by atoms with Crippen LogP contribution in [0.3, 0.4) is 0 Å². The van der Waals surface area contributed by atoms with Crippen LogP contribution in [0.5, 0.6) is 0 Å². The minimum atomic E-state index is -3.28. The number of anilines is 2. The summed E-state index contributed by atoms with van der Waals surface area (Å²) in [6.45, 7) is 4.70. The molecular formula is C17H23N3O2S. The van der Waals surface area contributed by atoms with Crippen LogP contribution >= 0.6 is 0 Å². The van der Waals surface area contributed by atoms with Gasteiger partial charge in [0, 0.05) is 6.54 Å². The summed E-state index contributed by atoms with van der Waals surface area (Å²) in [7, 11) is -3.28. The SMILES string of the molecule is CCCCS(=O)(=O)Nc1ccc(NCc2cccc(C)c2)nc1. The fraction of sp³-hybridized carbons (Fsp3) is 0.353. The average molecular weight is 333 g/mol. The van der Waals surface area contributed by atoms with Gasteiger partial charge < -0.3 is 5.32 Å². The van der Waals surface area contributed by atoms with Crippen molar-refractivity contribution in [3.05, 3.63) is 53.7 Å². The van der Waals surface area contributed by atoms with Gasteiger partial charge in [-0.3, -0.25) is 4.72 Å². The van der Waals surface area contributed by atoms with Gasteiger partial charge in [0.05, 0.1) is 17.6 Å². The van der Waals surface area contributed by atoms with Crippen molar-refractivity contribution in [3.63, 3.8) is 0 Å². The zero-order valence-electron chi connectivity index (χ0n) is 13.5. The Morgan fingerprint density at radius 1 is 1.17 bits per heavy atom. The van der Waals surface area contributed by atoms with E-state index in [9.17, 15) is 8.42 Å². The molecule has 0 saturated carbocycles. The fourth-order valence-electron chi connectivity index (χ4n) is 2.14. The molecule has 2 rings (SSSR count). The van der Waals surface area contributed by atoms with E-state index in [1.807, 2.05) is 13.0 Å². The molecule has 1 aromatic carbocycles. The van der Waals surface area contributed by atoms with E-state index < -0.39 is 10.0 Å². The normalized spacial score (nSPS) is 11.2. The summed E-state index contributed by atoms with van der Waals surface area (Å²) in [4.78, 5) is 4.24. The zero-order valence-corrected chi connectivity index (χ0v) is 14.4. The van der Waals surface area contributed by atoms with Crippen LogP contribution in [0.4, 0.5) is 11.5 Å². The maximum absolute atomic E-state index is 11.8. The average Bonchev–Trinajstić information content (AvgIpc) is 2.52. The molecule has 0 unspecified atom stereocenters. The van der Waals surface area contributed by atoms with Gasteiger partial charge in [-0.15, -0.1) is 0 Å². The number of hydrogen-bond donors (Lipinski definition) is 2. The van der Waals surface area contributed by atoms with Gasteiger partial charge in [-0.25, -0.2) is 13.4 Å². The molecule has 6 heteroatoms. The first-order valence-electron chi connectivity index (χ1n) is 7.74. The number of hydrogen-bond acceptors (Lipinski definition) is 4. The largest absolute Gasteiger partial charge is 0.366 e. The Morgan fingerprint density at radius 2 is 2.00 bits per heavy atom. The van der Waals surface area contributed by atoms with E-state index in [0.29, 0.717) is 24.5 Å². The van der Waals surface area contributed by atoms with Gasteiger partial charge in [-0.05, 0) is 31.0 Å². The maximum Gasteiger partial charge on any atom is 0.232 e. The van der Waals surface area contributed by atoms with Crippen LogP contribution in [-0.4, -0.2) is 19.2 Å². The Balaban J connectivity index is 1.92. The Bertz CT molecular complexity index is 728. The molecule has 0 atom stereocenters. The molecule has 0 fully saturated rings. The zero-order chi connectivity index (χ0) is 16.7. The molecule has 2 aromatic rings. The highest BCUT2D eigenvalue weighted by Crippen LogP contribution is 2.13. The lowest BCUT2D eigenvalue weighted by Gasteiger charge is -2.09. The van der Waals surface area contributed by atoms with Crippen LogP contribution in [0.2, 0.25) is 0 Å². The second-order valence-electron chi connectivity index (χ2n) is 5.55. The molecule has 0 spiro atoms. The summed E-state index contributed by atoms with van der Waals surface area (Å²) in [6.07, 6.45) is 3.03. The molecule has 0 amide bonds. The number of nitrogens with zero attached hydrogens (tertiary/aromatic N) is 1. The number of unbranched alkanes of at least 4 members (excludes halogenated alkanes) is 1. The second kappa shape index (κ2) is 7.97. The maximum atomic E-state index is 11.8. The summed E-state index contributed by atoms with van der Waals surface area (Å²) in [5.74, 6) is 0.847. The van der Waals surface area contributed by atoms with Gasteiger partial charge >= 0.3 is 0 Å². The molecule has 5 nitrogen and oxygen atoms in total. The van der Waals surface area contributed by atoms with Crippen molar-refractivity contribution in [2.24, 2.45) is 0 Å². The summed E-state index contributed by atoms with van der Waals surface area (Å²) in [5.41, 5.74) is 2.88. The van der Waals surface area contributed by atoms with E-state index >= 15 is 0 Å². The number of benzene rings is 1. The molecule has 0 radical (unpaired) electrons. The molecule has 124 valence electrons. The number of rotatable bonds is 8. The first-order valence-corrected chi connectivity index (χ1v) is 9.40. The van der Waals surface area contributed by atoms with Crippen molar-refractivity contribution >= 4 is 21.5 Å². The van der Waals surface area contributed by atoms with Gasteiger partial charge in [0.1, 0.15) is 5.82 Å². The van der Waals surface area contributed by atoms with Gasteiger partial charge in [0.2, 0.25) is 10.0 Å². The number of sulfonamides is 1. The summed E-state index contributed by atoms with van der Waals surface area (Å²) in [5, 5.41) is 3.22. The molecule has 0 aliphatic carbocycles. The highest BCUT2D eigenvalue weighted by Gasteiger charge is 2.09. The number of aromatic nitrogens is 1. The van der Waals surface area contributed by atoms with E-state index in [1.54, 1.807) is 12.1 Å². The second-order valence-corrected chi connectivity index (χ2v) is 7.39. The van der Waals surface area contributed by atoms with Crippen molar-refractivity contribution in [1.82, 2.24) is 4.98 Å². The van der Waals surface area contributed by atoms with Crippen molar-refractivity contribution in [2.75, 3.05) is 15.8 Å². The Morgan fingerprint density at radius 3 is 2.65 bits per heavy atom. The van der Waals surface area contributed by atoms with E-state index in [1.165, 1.54) is 17.3 Å². The highest BCUT2D eigenvalue weighted by atomic mass is 32.2. The lowest BCUT2D eigenvalue weighted by molar-refractivity contribution is 0.598. The minimum Gasteiger partial charge on any atom is -0.366 e. The van der Waals surface area contributed by atoms with E-state index in [0.717, 1.165) is 6.42 Å². The topological polar surface area (TPSA) is 71.1 Å². The Hall–Kier alpha value is -2.08. The highest BCUT2D eigenvalue weighted by molar-refractivity contribution is 7.92. The Kier molecular flexibility index (Phi) is 5.98. The van der Waals surface area contributed by atoms with Crippen molar-refractivity contribution in [3.8, 4) is 0 Å². The van der Waals surface area contributed by atoms with Gasteiger partial charge in [0.15, 0.2) is 0 Å². The molecule has 0 bridgehead atoms. The summed E-state index contributed by atoms with van der Waals surface area (Å²) in [6, 6.07) is 11.7. The summed E-state index contributed by atoms with van der Waals surface area (Å²) >= 11 is 0. The molecule has 0 aliphatic rings. The monoisotopic (exact) mass is 333 g/mol. The molecule has 0 saturated heterocycles. The minimum absolute atomic E-state index is 0.136. The standard InChI is InChI=1S/C17H23N3O2S/c1-3-4-10-23(21,22)20-16-8-9-17(19-13-16)18-12-15-7-5-6-14(2)11-15/h5-9,11,13,20H,3-4,10,12H2,1-2H3,(H,18,19). The predicted octanol–water partition coefficient (Wildman–Crippen LogP) is 3.54. The molecule has 1 heterocycles. The first kappa shape index (κ1) is 17.3. The van der Waals surface area contributed by atoms with Crippen LogP contribution in [0.15, 0.2) is 42.6 Å². The van der Waals surface area contributed by atoms with Crippen LogP contribution in [0.25, 0.3) is 0 Å². The van der Waals surface area contributed by atoms with Crippen molar-refractivity contribution < 1.29 is 8.42 Å². The Labute approximate surface area is 138 Å². The quantitative estimate of drug-likeness (QED) is 0.775. The van der Waals surface area contributed by atoms with Gasteiger partial charge in [-0.2, -0.15) is 0 Å². The van der Waals surface area contributed by atoms with Crippen LogP contribution in [0.1, 0.15) is 30.9 Å². The lowest BCUT2D eigenvalue weighted by atomic mass is 10.1. The van der Waals surface area contributed by atoms with E-state index in [-0.39, 0.29) is 5.75 Å². The first-order chi connectivity index (χ1) is 11.0. The third-order valence-electron chi connectivity index (χ3n) is 3.36. The van der Waals surface area contributed by atoms with E-state index in [4.69, 9.17) is 0 Å². The smallest absolute Gasteiger partial charge is 0.232 e. The van der Waals surface area contributed by atoms with Crippen molar-refractivity contribution in [2.45, 2.75) is 33.2 Å². The third kappa shape index (κ3) is 5.90. The predicted molar refractivity (Wildman–Crippen MR) is 95.1 cm³/mol. The molecule has 0 aliphatic heterocycles.